The number of nitrogens with one attached hydrogen (secondary N) is 1. The first-order valence-corrected chi connectivity index (χ1v) is 13.5. The van der Waals surface area contributed by atoms with Gasteiger partial charge < -0.3 is 10.2 Å². The van der Waals surface area contributed by atoms with Gasteiger partial charge in [0.25, 0.3) is 10.0 Å². The molecule has 7 nitrogen and oxygen atoms in total. The van der Waals surface area contributed by atoms with Gasteiger partial charge in [0.15, 0.2) is 0 Å². The van der Waals surface area contributed by atoms with Crippen molar-refractivity contribution in [3.8, 4) is 0 Å². The lowest BCUT2D eigenvalue weighted by molar-refractivity contribution is -0.139. The van der Waals surface area contributed by atoms with Crippen LogP contribution in [0.2, 0.25) is 0 Å². The van der Waals surface area contributed by atoms with E-state index in [0.717, 1.165) is 23.3 Å². The molecule has 0 aliphatic heterocycles. The summed E-state index contributed by atoms with van der Waals surface area (Å²) in [4.78, 5) is 27.2. The first-order valence-electron chi connectivity index (χ1n) is 12.1. The SMILES string of the molecule is CNC(=O)[C@H](C)N(Cc1cccc(C)c1)C(=O)CN(c1cccc(C(F)(F)F)c1)S(=O)(=O)c1ccc(C)cc1. The molecule has 39 heavy (non-hydrogen) atoms. The number of alkyl halides is 3. The summed E-state index contributed by atoms with van der Waals surface area (Å²) in [6.45, 7) is 4.27. The maximum absolute atomic E-state index is 13.7. The molecule has 0 saturated heterocycles. The standard InChI is InChI=1S/C28H30F3N3O4S/c1-19-11-13-25(14-12-19)39(37,38)34(24-10-6-9-23(16-24)28(29,30)31)18-26(35)33(21(3)27(36)32-4)17-22-8-5-7-20(2)15-22/h5-16,21H,17-18H2,1-4H3,(H,32,36)/t21-/m0/s1. The van der Waals surface area contributed by atoms with Gasteiger partial charge in [-0.3, -0.25) is 13.9 Å². The van der Waals surface area contributed by atoms with Crippen LogP contribution in [-0.4, -0.2) is 44.8 Å². The van der Waals surface area contributed by atoms with Crippen LogP contribution in [0.3, 0.4) is 0 Å². The Kier molecular flexibility index (Phi) is 9.06. The number of halogens is 3. The number of sulfonamides is 1. The van der Waals surface area contributed by atoms with E-state index in [1.165, 1.54) is 37.1 Å². The van der Waals surface area contributed by atoms with Crippen LogP contribution in [0, 0.1) is 13.8 Å². The lowest BCUT2D eigenvalue weighted by atomic mass is 10.1. The van der Waals surface area contributed by atoms with Crippen LogP contribution >= 0.6 is 0 Å². The molecule has 1 atom stereocenters. The Morgan fingerprint density at radius 1 is 0.923 bits per heavy atom. The lowest BCUT2D eigenvalue weighted by Gasteiger charge is -2.32. The van der Waals surface area contributed by atoms with Crippen molar-refractivity contribution in [3.63, 3.8) is 0 Å². The Labute approximate surface area is 226 Å². The topological polar surface area (TPSA) is 86.8 Å². The number of hydrogen-bond donors (Lipinski definition) is 1. The molecule has 0 heterocycles. The number of rotatable bonds is 9. The molecule has 208 valence electrons. The van der Waals surface area contributed by atoms with Gasteiger partial charge in [0.1, 0.15) is 12.6 Å². The second-order valence-corrected chi connectivity index (χ2v) is 11.0. The van der Waals surface area contributed by atoms with Crippen molar-refractivity contribution in [3.05, 3.63) is 95.1 Å². The van der Waals surface area contributed by atoms with E-state index < -0.39 is 46.2 Å². The lowest BCUT2D eigenvalue weighted by Crippen LogP contribution is -2.50. The molecule has 1 N–H and O–H groups in total. The van der Waals surface area contributed by atoms with Crippen LogP contribution in [0.15, 0.2) is 77.7 Å². The van der Waals surface area contributed by atoms with Crippen LogP contribution in [0.5, 0.6) is 0 Å². The van der Waals surface area contributed by atoms with E-state index >= 15 is 0 Å². The molecule has 0 radical (unpaired) electrons. The number of carbonyl (C=O) groups is 2. The van der Waals surface area contributed by atoms with Crippen LogP contribution in [0.4, 0.5) is 18.9 Å². The molecule has 0 saturated carbocycles. The molecule has 0 aliphatic rings. The first-order chi connectivity index (χ1) is 18.2. The zero-order valence-electron chi connectivity index (χ0n) is 22.0. The van der Waals surface area contributed by atoms with Crippen LogP contribution in [0.25, 0.3) is 0 Å². The molecule has 0 bridgehead atoms. The van der Waals surface area contributed by atoms with Crippen LogP contribution < -0.4 is 9.62 Å². The van der Waals surface area contributed by atoms with E-state index in [-0.39, 0.29) is 17.1 Å². The number of amides is 2. The summed E-state index contributed by atoms with van der Waals surface area (Å²) in [5, 5.41) is 2.48. The van der Waals surface area contributed by atoms with E-state index in [1.54, 1.807) is 31.2 Å². The van der Waals surface area contributed by atoms with Crippen molar-refractivity contribution in [2.24, 2.45) is 0 Å². The molecule has 0 unspecified atom stereocenters. The van der Waals surface area contributed by atoms with Gasteiger partial charge in [0.2, 0.25) is 11.8 Å². The zero-order valence-corrected chi connectivity index (χ0v) is 22.8. The van der Waals surface area contributed by atoms with Crippen molar-refractivity contribution < 1.29 is 31.2 Å². The highest BCUT2D eigenvalue weighted by atomic mass is 32.2. The van der Waals surface area contributed by atoms with Gasteiger partial charge in [-0.05, 0) is 56.7 Å². The molecular formula is C28H30F3N3O4S. The average molecular weight is 562 g/mol. The Balaban J connectivity index is 2.10. The summed E-state index contributed by atoms with van der Waals surface area (Å²) in [5.41, 5.74) is 0.999. The Bertz CT molecular complexity index is 1440. The van der Waals surface area contributed by atoms with Crippen LogP contribution in [0.1, 0.15) is 29.2 Å². The van der Waals surface area contributed by atoms with Crippen LogP contribution in [-0.2, 0) is 32.3 Å². The summed E-state index contributed by atoms with van der Waals surface area (Å²) in [6.07, 6.45) is -4.73. The van der Waals surface area contributed by atoms with Crippen molar-refractivity contribution in [2.75, 3.05) is 17.9 Å². The van der Waals surface area contributed by atoms with E-state index in [2.05, 4.69) is 5.32 Å². The minimum atomic E-state index is -4.73. The monoisotopic (exact) mass is 561 g/mol. The molecular weight excluding hydrogens is 531 g/mol. The van der Waals surface area contributed by atoms with E-state index in [0.29, 0.717) is 15.9 Å². The van der Waals surface area contributed by atoms with E-state index in [4.69, 9.17) is 0 Å². The normalized spacial score (nSPS) is 12.5. The largest absolute Gasteiger partial charge is 0.416 e. The molecule has 0 spiro atoms. The smallest absolute Gasteiger partial charge is 0.357 e. The fraction of sp³-hybridized carbons (Fsp3) is 0.286. The number of hydrogen-bond acceptors (Lipinski definition) is 4. The molecule has 2 amide bonds. The summed E-state index contributed by atoms with van der Waals surface area (Å²) >= 11 is 0. The van der Waals surface area contributed by atoms with Gasteiger partial charge >= 0.3 is 6.18 Å². The Morgan fingerprint density at radius 2 is 1.56 bits per heavy atom. The van der Waals surface area contributed by atoms with Crippen molar-refractivity contribution in [2.45, 2.75) is 44.4 Å². The number of aryl methyl sites for hydroxylation is 2. The molecule has 0 fully saturated rings. The summed E-state index contributed by atoms with van der Waals surface area (Å²) in [5.74, 6) is -1.25. The highest BCUT2D eigenvalue weighted by molar-refractivity contribution is 7.92. The minimum absolute atomic E-state index is 0.0177. The fourth-order valence-electron chi connectivity index (χ4n) is 4.00. The number of carbonyl (C=O) groups excluding carboxylic acids is 2. The van der Waals surface area contributed by atoms with Gasteiger partial charge in [0, 0.05) is 13.6 Å². The molecule has 3 aromatic carbocycles. The Hall–Kier alpha value is -3.86. The van der Waals surface area contributed by atoms with Crippen molar-refractivity contribution in [1.29, 1.82) is 0 Å². The number of nitrogens with zero attached hydrogens (tertiary/aromatic N) is 2. The van der Waals surface area contributed by atoms with Gasteiger partial charge in [-0.15, -0.1) is 0 Å². The van der Waals surface area contributed by atoms with E-state index in [1.807, 2.05) is 19.1 Å². The molecule has 11 heteroatoms. The second kappa shape index (κ2) is 11.9. The van der Waals surface area contributed by atoms with Gasteiger partial charge in [-0.25, -0.2) is 8.42 Å². The predicted molar refractivity (Wildman–Crippen MR) is 142 cm³/mol. The van der Waals surface area contributed by atoms with Gasteiger partial charge in [0.05, 0.1) is 16.1 Å². The Morgan fingerprint density at radius 3 is 2.15 bits per heavy atom. The average Bonchev–Trinajstić information content (AvgIpc) is 2.89. The number of benzene rings is 3. The highest BCUT2D eigenvalue weighted by Crippen LogP contribution is 2.33. The van der Waals surface area contributed by atoms with Crippen molar-refractivity contribution >= 4 is 27.5 Å². The summed E-state index contributed by atoms with van der Waals surface area (Å²) in [7, 11) is -3.07. The maximum Gasteiger partial charge on any atom is 0.416 e. The molecule has 0 aromatic heterocycles. The summed E-state index contributed by atoms with van der Waals surface area (Å²) in [6, 6.07) is 15.8. The fourth-order valence-corrected chi connectivity index (χ4v) is 5.41. The molecule has 0 aliphatic carbocycles. The summed E-state index contributed by atoms with van der Waals surface area (Å²) < 4.78 is 68.6. The second-order valence-electron chi connectivity index (χ2n) is 9.17. The number of anilines is 1. The van der Waals surface area contributed by atoms with Gasteiger partial charge in [-0.1, -0.05) is 53.6 Å². The third-order valence-corrected chi connectivity index (χ3v) is 7.99. The third kappa shape index (κ3) is 7.17. The maximum atomic E-state index is 13.7. The molecule has 3 rings (SSSR count). The molecule has 3 aromatic rings. The highest BCUT2D eigenvalue weighted by Gasteiger charge is 2.35. The minimum Gasteiger partial charge on any atom is -0.357 e. The third-order valence-electron chi connectivity index (χ3n) is 6.20. The van der Waals surface area contributed by atoms with Gasteiger partial charge in [-0.2, -0.15) is 13.2 Å². The first kappa shape index (κ1) is 29.7. The zero-order chi connectivity index (χ0) is 29.0. The quantitative estimate of drug-likeness (QED) is 0.411. The van der Waals surface area contributed by atoms with E-state index in [9.17, 15) is 31.2 Å². The number of likely N-dealkylation sites (N-methyl/N-ethyl adjacent to an activating group) is 1. The van der Waals surface area contributed by atoms with Crippen molar-refractivity contribution in [1.82, 2.24) is 10.2 Å². The predicted octanol–water partition coefficient (Wildman–Crippen LogP) is 4.68.